The molecule has 1 nitrogen and oxygen atoms in total. The minimum atomic E-state index is -1.23. The van der Waals surface area contributed by atoms with Crippen LogP contribution in [0.4, 0.5) is 4.39 Å². The summed E-state index contributed by atoms with van der Waals surface area (Å²) in [5.41, 5.74) is -0.506. The molecule has 13 heavy (non-hydrogen) atoms. The molecule has 0 aromatic carbocycles. The van der Waals surface area contributed by atoms with Crippen LogP contribution < -0.4 is 0 Å². The minimum absolute atomic E-state index is 0.364. The van der Waals surface area contributed by atoms with Gasteiger partial charge < -0.3 is 0 Å². The Labute approximate surface area is 79.0 Å². The smallest absolute Gasteiger partial charge is 0.133 e. The second-order valence-electron chi connectivity index (χ2n) is 4.03. The van der Waals surface area contributed by atoms with E-state index in [0.717, 1.165) is 5.56 Å². The van der Waals surface area contributed by atoms with Gasteiger partial charge in [0.15, 0.2) is 0 Å². The Kier molecular flexibility index (Phi) is 3.02. The molecule has 1 aromatic heterocycles. The van der Waals surface area contributed by atoms with Gasteiger partial charge in [-0.3, -0.25) is 4.98 Å². The van der Waals surface area contributed by atoms with E-state index in [-0.39, 0.29) is 0 Å². The number of rotatable bonds is 3. The second kappa shape index (κ2) is 3.86. The van der Waals surface area contributed by atoms with Gasteiger partial charge in [0.2, 0.25) is 0 Å². The molecule has 0 saturated heterocycles. The quantitative estimate of drug-likeness (QED) is 0.697. The molecule has 2 heteroatoms. The van der Waals surface area contributed by atoms with E-state index < -0.39 is 5.67 Å². The molecule has 72 valence electrons. The Balaban J connectivity index is 2.81. The summed E-state index contributed by atoms with van der Waals surface area (Å²) in [4.78, 5) is 3.87. The molecule has 0 aliphatic heterocycles. The van der Waals surface area contributed by atoms with Crippen molar-refractivity contribution < 1.29 is 4.39 Å². The van der Waals surface area contributed by atoms with Crippen molar-refractivity contribution in [3.05, 3.63) is 30.1 Å². The van der Waals surface area contributed by atoms with Crippen molar-refractivity contribution in [2.75, 3.05) is 0 Å². The average molecular weight is 181 g/mol. The molecule has 0 saturated carbocycles. The standard InChI is InChI=1S/C11H16FN/c1-9(2)8-11(3,12)10-4-6-13-7-5-10/h4-7,9H,8H2,1-3H3. The van der Waals surface area contributed by atoms with E-state index in [4.69, 9.17) is 0 Å². The van der Waals surface area contributed by atoms with Crippen molar-refractivity contribution in [3.63, 3.8) is 0 Å². The number of hydrogen-bond donors (Lipinski definition) is 0. The van der Waals surface area contributed by atoms with Gasteiger partial charge in [0.25, 0.3) is 0 Å². The number of nitrogens with zero attached hydrogens (tertiary/aromatic N) is 1. The maximum absolute atomic E-state index is 14.0. The van der Waals surface area contributed by atoms with Crippen molar-refractivity contribution in [3.8, 4) is 0 Å². The van der Waals surface area contributed by atoms with Gasteiger partial charge in [-0.1, -0.05) is 13.8 Å². The number of hydrogen-bond acceptors (Lipinski definition) is 1. The fourth-order valence-corrected chi connectivity index (χ4v) is 1.58. The zero-order chi connectivity index (χ0) is 9.90. The van der Waals surface area contributed by atoms with Crippen LogP contribution in [0.25, 0.3) is 0 Å². The highest BCUT2D eigenvalue weighted by atomic mass is 19.1. The molecule has 0 aliphatic carbocycles. The summed E-state index contributed by atoms with van der Waals surface area (Å²) in [6, 6.07) is 3.48. The van der Waals surface area contributed by atoms with Crippen LogP contribution in [0, 0.1) is 5.92 Å². The van der Waals surface area contributed by atoms with Gasteiger partial charge in [0, 0.05) is 12.4 Å². The molecular weight excluding hydrogens is 165 g/mol. The van der Waals surface area contributed by atoms with E-state index in [0.29, 0.717) is 12.3 Å². The lowest BCUT2D eigenvalue weighted by molar-refractivity contribution is 0.154. The van der Waals surface area contributed by atoms with Gasteiger partial charge in [-0.15, -0.1) is 0 Å². The summed E-state index contributed by atoms with van der Waals surface area (Å²) in [5.74, 6) is 0.364. The Bertz CT molecular complexity index is 254. The van der Waals surface area contributed by atoms with Crippen LogP contribution >= 0.6 is 0 Å². The fraction of sp³-hybridized carbons (Fsp3) is 0.545. The van der Waals surface area contributed by atoms with Gasteiger partial charge in [-0.25, -0.2) is 4.39 Å². The lowest BCUT2D eigenvalue weighted by Crippen LogP contribution is -2.17. The van der Waals surface area contributed by atoms with E-state index in [1.165, 1.54) is 0 Å². The Morgan fingerprint density at radius 2 is 1.92 bits per heavy atom. The van der Waals surface area contributed by atoms with Gasteiger partial charge in [0.05, 0.1) is 0 Å². The highest BCUT2D eigenvalue weighted by Gasteiger charge is 2.26. The van der Waals surface area contributed by atoms with E-state index in [2.05, 4.69) is 4.98 Å². The molecule has 0 aliphatic rings. The Hall–Kier alpha value is -0.920. The molecule has 0 spiro atoms. The minimum Gasteiger partial charge on any atom is -0.265 e. The summed E-state index contributed by atoms with van der Waals surface area (Å²) in [7, 11) is 0. The van der Waals surface area contributed by atoms with Crippen molar-refractivity contribution in [2.24, 2.45) is 5.92 Å². The average Bonchev–Trinajstić information content (AvgIpc) is 2.04. The van der Waals surface area contributed by atoms with Gasteiger partial charge in [-0.2, -0.15) is 0 Å². The van der Waals surface area contributed by atoms with Crippen molar-refractivity contribution in [2.45, 2.75) is 32.9 Å². The van der Waals surface area contributed by atoms with Crippen LogP contribution in [0.5, 0.6) is 0 Å². The van der Waals surface area contributed by atoms with Crippen LogP contribution in [0.3, 0.4) is 0 Å². The molecule has 1 heterocycles. The lowest BCUT2D eigenvalue weighted by Gasteiger charge is -2.22. The first-order valence-electron chi connectivity index (χ1n) is 4.62. The Morgan fingerprint density at radius 1 is 1.38 bits per heavy atom. The fourth-order valence-electron chi connectivity index (χ4n) is 1.58. The molecule has 1 rings (SSSR count). The zero-order valence-electron chi connectivity index (χ0n) is 8.42. The first-order chi connectivity index (χ1) is 6.02. The normalized spacial score (nSPS) is 15.8. The first kappa shape index (κ1) is 10.2. The topological polar surface area (TPSA) is 12.9 Å². The van der Waals surface area contributed by atoms with Gasteiger partial charge >= 0.3 is 0 Å². The third-order valence-electron chi connectivity index (χ3n) is 2.07. The van der Waals surface area contributed by atoms with E-state index in [1.54, 1.807) is 31.5 Å². The van der Waals surface area contributed by atoms with E-state index >= 15 is 0 Å². The third-order valence-corrected chi connectivity index (χ3v) is 2.07. The molecule has 0 amide bonds. The van der Waals surface area contributed by atoms with Crippen LogP contribution in [0.1, 0.15) is 32.8 Å². The largest absolute Gasteiger partial charge is 0.265 e. The van der Waals surface area contributed by atoms with Crippen molar-refractivity contribution in [1.29, 1.82) is 0 Å². The van der Waals surface area contributed by atoms with E-state index in [1.807, 2.05) is 13.8 Å². The van der Waals surface area contributed by atoms with Crippen LogP contribution in [-0.4, -0.2) is 4.98 Å². The maximum Gasteiger partial charge on any atom is 0.133 e. The highest BCUT2D eigenvalue weighted by Crippen LogP contribution is 2.31. The number of pyridine rings is 1. The molecule has 0 N–H and O–H groups in total. The monoisotopic (exact) mass is 181 g/mol. The number of halogens is 1. The van der Waals surface area contributed by atoms with Gasteiger partial charge in [-0.05, 0) is 37.0 Å². The molecule has 1 aromatic rings. The molecule has 1 unspecified atom stereocenters. The van der Waals surface area contributed by atoms with Crippen molar-refractivity contribution in [1.82, 2.24) is 4.98 Å². The summed E-state index contributed by atoms with van der Waals surface area (Å²) < 4.78 is 14.0. The highest BCUT2D eigenvalue weighted by molar-refractivity contribution is 5.18. The second-order valence-corrected chi connectivity index (χ2v) is 4.03. The zero-order valence-corrected chi connectivity index (χ0v) is 8.42. The molecule has 0 bridgehead atoms. The number of alkyl halides is 1. The van der Waals surface area contributed by atoms with E-state index in [9.17, 15) is 4.39 Å². The number of aromatic nitrogens is 1. The van der Waals surface area contributed by atoms with Crippen LogP contribution in [0.2, 0.25) is 0 Å². The molecule has 1 atom stereocenters. The third kappa shape index (κ3) is 2.79. The summed E-state index contributed by atoms with van der Waals surface area (Å²) in [6.45, 7) is 5.68. The van der Waals surface area contributed by atoms with Crippen molar-refractivity contribution >= 4 is 0 Å². The van der Waals surface area contributed by atoms with Gasteiger partial charge in [0.1, 0.15) is 5.67 Å². The maximum atomic E-state index is 14.0. The summed E-state index contributed by atoms with van der Waals surface area (Å²) in [5, 5.41) is 0. The molecule has 0 fully saturated rings. The molecule has 0 radical (unpaired) electrons. The predicted octanol–water partition coefficient (Wildman–Crippen LogP) is 3.31. The predicted molar refractivity (Wildman–Crippen MR) is 52.2 cm³/mol. The van der Waals surface area contributed by atoms with Crippen LogP contribution in [-0.2, 0) is 5.67 Å². The molecular formula is C11H16FN. The first-order valence-corrected chi connectivity index (χ1v) is 4.62. The van der Waals surface area contributed by atoms with Crippen LogP contribution in [0.15, 0.2) is 24.5 Å². The SMILES string of the molecule is CC(C)CC(C)(F)c1ccncc1. The lowest BCUT2D eigenvalue weighted by atomic mass is 9.90. The summed E-state index contributed by atoms with van der Waals surface area (Å²) in [6.07, 6.45) is 3.82. The Morgan fingerprint density at radius 3 is 2.38 bits per heavy atom. The summed E-state index contributed by atoms with van der Waals surface area (Å²) >= 11 is 0.